The Hall–Kier alpha value is -1.35. The zero-order valence-corrected chi connectivity index (χ0v) is 12.4. The van der Waals surface area contributed by atoms with E-state index in [1.54, 1.807) is 6.07 Å². The van der Waals surface area contributed by atoms with Gasteiger partial charge in [0.1, 0.15) is 11.5 Å². The van der Waals surface area contributed by atoms with Crippen molar-refractivity contribution in [1.29, 1.82) is 0 Å². The summed E-state index contributed by atoms with van der Waals surface area (Å²) >= 11 is 0. The van der Waals surface area contributed by atoms with Gasteiger partial charge in [0.15, 0.2) is 0 Å². The molecule has 3 aliphatic rings. The zero-order chi connectivity index (χ0) is 14.8. The molecule has 21 heavy (non-hydrogen) atoms. The number of phenols is 1. The highest BCUT2D eigenvalue weighted by atomic mass is 16.3. The van der Waals surface area contributed by atoms with Crippen molar-refractivity contribution in [3.05, 3.63) is 29.3 Å². The maximum atomic E-state index is 12.3. The van der Waals surface area contributed by atoms with Crippen LogP contribution in [-0.4, -0.2) is 22.1 Å². The number of aliphatic hydroxyl groups is 1. The molecule has 0 aliphatic heterocycles. The van der Waals surface area contributed by atoms with Gasteiger partial charge >= 0.3 is 0 Å². The van der Waals surface area contributed by atoms with Crippen LogP contribution in [0.4, 0.5) is 0 Å². The Morgan fingerprint density at radius 3 is 2.86 bits per heavy atom. The van der Waals surface area contributed by atoms with E-state index in [0.29, 0.717) is 36.2 Å². The predicted molar refractivity (Wildman–Crippen MR) is 79.1 cm³/mol. The smallest absolute Gasteiger partial charge is 0.139 e. The molecule has 1 aromatic carbocycles. The van der Waals surface area contributed by atoms with E-state index in [-0.39, 0.29) is 11.3 Å². The quantitative estimate of drug-likeness (QED) is 0.771. The first kappa shape index (κ1) is 13.3. The number of aliphatic hydroxyl groups excluding tert-OH is 1. The second-order valence-electron chi connectivity index (χ2n) is 7.37. The minimum atomic E-state index is -0.443. The van der Waals surface area contributed by atoms with Gasteiger partial charge in [-0.2, -0.15) is 0 Å². The van der Waals surface area contributed by atoms with E-state index in [9.17, 15) is 15.0 Å². The summed E-state index contributed by atoms with van der Waals surface area (Å²) in [5.74, 6) is 1.61. The Balaban J connectivity index is 1.78. The number of aryl methyl sites for hydroxylation is 1. The van der Waals surface area contributed by atoms with Crippen LogP contribution >= 0.6 is 0 Å². The molecule has 0 saturated heterocycles. The maximum absolute atomic E-state index is 12.3. The van der Waals surface area contributed by atoms with Crippen LogP contribution in [0, 0.1) is 17.3 Å². The fourth-order valence-corrected chi connectivity index (χ4v) is 5.42. The largest absolute Gasteiger partial charge is 0.508 e. The third kappa shape index (κ3) is 1.73. The van der Waals surface area contributed by atoms with Crippen LogP contribution in [0.1, 0.15) is 49.7 Å². The second kappa shape index (κ2) is 4.33. The molecular formula is C18H22O3. The van der Waals surface area contributed by atoms with E-state index < -0.39 is 6.10 Å². The first-order chi connectivity index (χ1) is 10.0. The number of carbonyl (C=O) groups is 1. The molecule has 2 N–H and O–H groups in total. The van der Waals surface area contributed by atoms with Gasteiger partial charge in [0.05, 0.1) is 6.10 Å². The minimum Gasteiger partial charge on any atom is -0.508 e. The van der Waals surface area contributed by atoms with E-state index in [4.69, 9.17) is 0 Å². The summed E-state index contributed by atoms with van der Waals surface area (Å²) in [6.45, 7) is 2.07. The van der Waals surface area contributed by atoms with Crippen LogP contribution < -0.4 is 0 Å². The third-order valence-electron chi connectivity index (χ3n) is 6.40. The van der Waals surface area contributed by atoms with Crippen LogP contribution in [0.25, 0.3) is 0 Å². The number of hydrogen-bond acceptors (Lipinski definition) is 3. The van der Waals surface area contributed by atoms with E-state index in [1.807, 2.05) is 12.1 Å². The lowest BCUT2D eigenvalue weighted by atomic mass is 9.54. The highest BCUT2D eigenvalue weighted by molar-refractivity contribution is 5.87. The van der Waals surface area contributed by atoms with Gasteiger partial charge in [0.2, 0.25) is 0 Å². The van der Waals surface area contributed by atoms with Crippen LogP contribution in [0.5, 0.6) is 5.75 Å². The summed E-state index contributed by atoms with van der Waals surface area (Å²) in [5, 5.41) is 20.4. The summed E-state index contributed by atoms with van der Waals surface area (Å²) < 4.78 is 0. The van der Waals surface area contributed by atoms with Gasteiger partial charge in [0.25, 0.3) is 0 Å². The number of fused-ring (bicyclic) bond motifs is 5. The van der Waals surface area contributed by atoms with Crippen molar-refractivity contribution in [3.63, 3.8) is 0 Å². The SMILES string of the molecule is C[C@]12C[C@H](O)[C@@H]3c4ccc(O)cc4CC[C@H]3[C@@H]1CCC2=O. The third-order valence-corrected chi connectivity index (χ3v) is 6.40. The fraction of sp³-hybridized carbons (Fsp3) is 0.611. The van der Waals surface area contributed by atoms with Crippen molar-refractivity contribution in [2.75, 3.05) is 0 Å². The molecule has 0 bridgehead atoms. The van der Waals surface area contributed by atoms with Gasteiger partial charge < -0.3 is 10.2 Å². The van der Waals surface area contributed by atoms with E-state index >= 15 is 0 Å². The Morgan fingerprint density at radius 1 is 1.24 bits per heavy atom. The molecule has 5 atom stereocenters. The standard InChI is InChI=1S/C18H22O3/c1-18-9-15(20)17-12-5-3-11(19)8-10(12)2-4-13(17)14(18)6-7-16(18)21/h3,5,8,13-15,17,19-20H,2,4,6-7,9H2,1H3/t13-,14-,15-,17+,18-/m0/s1. The molecule has 0 unspecified atom stereocenters. The van der Waals surface area contributed by atoms with Gasteiger partial charge in [-0.05, 0) is 60.8 Å². The fourth-order valence-electron chi connectivity index (χ4n) is 5.42. The van der Waals surface area contributed by atoms with Gasteiger partial charge in [0, 0.05) is 17.8 Å². The molecule has 0 amide bonds. The van der Waals surface area contributed by atoms with Crippen molar-refractivity contribution in [3.8, 4) is 5.75 Å². The summed E-state index contributed by atoms with van der Waals surface area (Å²) in [6.07, 6.45) is 3.78. The number of benzene rings is 1. The predicted octanol–water partition coefficient (Wildman–Crippen LogP) is 2.79. The summed E-state index contributed by atoms with van der Waals surface area (Å²) in [4.78, 5) is 12.3. The first-order valence-electron chi connectivity index (χ1n) is 8.04. The molecule has 0 radical (unpaired) electrons. The highest BCUT2D eigenvalue weighted by Gasteiger charge is 2.57. The van der Waals surface area contributed by atoms with Crippen molar-refractivity contribution >= 4 is 5.78 Å². The summed E-state index contributed by atoms with van der Waals surface area (Å²) in [7, 11) is 0. The van der Waals surface area contributed by atoms with Gasteiger partial charge in [-0.1, -0.05) is 13.0 Å². The number of aromatic hydroxyl groups is 1. The zero-order valence-electron chi connectivity index (χ0n) is 12.4. The Kier molecular flexibility index (Phi) is 2.74. The molecular weight excluding hydrogens is 264 g/mol. The monoisotopic (exact) mass is 286 g/mol. The van der Waals surface area contributed by atoms with Crippen molar-refractivity contribution in [2.24, 2.45) is 17.3 Å². The van der Waals surface area contributed by atoms with Gasteiger partial charge in [-0.3, -0.25) is 4.79 Å². The lowest BCUT2D eigenvalue weighted by molar-refractivity contribution is -0.133. The summed E-state index contributed by atoms with van der Waals surface area (Å²) in [6, 6.07) is 5.54. The summed E-state index contributed by atoms with van der Waals surface area (Å²) in [5.41, 5.74) is 2.05. The number of Topliss-reactive ketones (excluding diaryl/α,β-unsaturated/α-hetero) is 1. The normalized spacial score (nSPS) is 41.3. The van der Waals surface area contributed by atoms with Crippen LogP contribution in [0.3, 0.4) is 0 Å². The highest BCUT2D eigenvalue weighted by Crippen LogP contribution is 2.59. The second-order valence-corrected chi connectivity index (χ2v) is 7.37. The first-order valence-corrected chi connectivity index (χ1v) is 8.04. The van der Waals surface area contributed by atoms with Crippen LogP contribution in [-0.2, 0) is 11.2 Å². The topological polar surface area (TPSA) is 57.5 Å². The number of ketones is 1. The molecule has 3 heteroatoms. The van der Waals surface area contributed by atoms with Gasteiger partial charge in [-0.25, -0.2) is 0 Å². The Labute approximate surface area is 125 Å². The number of carbonyl (C=O) groups excluding carboxylic acids is 1. The average molecular weight is 286 g/mol. The van der Waals surface area contributed by atoms with Crippen molar-refractivity contribution in [1.82, 2.24) is 0 Å². The number of phenolic OH excluding ortho intramolecular Hbond substituents is 1. The molecule has 2 fully saturated rings. The maximum Gasteiger partial charge on any atom is 0.139 e. The minimum absolute atomic E-state index is 0.137. The lowest BCUT2D eigenvalue weighted by Gasteiger charge is -2.50. The molecule has 0 spiro atoms. The van der Waals surface area contributed by atoms with E-state index in [1.165, 1.54) is 11.1 Å². The molecule has 1 aromatic rings. The molecule has 4 rings (SSSR count). The molecule has 3 nitrogen and oxygen atoms in total. The molecule has 112 valence electrons. The van der Waals surface area contributed by atoms with Crippen molar-refractivity contribution < 1.29 is 15.0 Å². The van der Waals surface area contributed by atoms with Crippen LogP contribution in [0.2, 0.25) is 0 Å². The number of rotatable bonds is 0. The molecule has 0 heterocycles. The van der Waals surface area contributed by atoms with Gasteiger partial charge in [-0.15, -0.1) is 0 Å². The Morgan fingerprint density at radius 2 is 2.05 bits per heavy atom. The van der Waals surface area contributed by atoms with Crippen LogP contribution in [0.15, 0.2) is 18.2 Å². The Bertz CT molecular complexity index is 608. The van der Waals surface area contributed by atoms with E-state index in [0.717, 1.165) is 19.3 Å². The molecule has 3 aliphatic carbocycles. The average Bonchev–Trinajstić information content (AvgIpc) is 2.74. The molecule has 0 aromatic heterocycles. The van der Waals surface area contributed by atoms with E-state index in [2.05, 4.69) is 6.92 Å². The lowest BCUT2D eigenvalue weighted by Crippen LogP contribution is -2.48. The molecule has 2 saturated carbocycles. The number of hydrogen-bond donors (Lipinski definition) is 2. The van der Waals surface area contributed by atoms with Crippen molar-refractivity contribution in [2.45, 2.75) is 51.0 Å².